The fourth-order valence-electron chi connectivity index (χ4n) is 1.58. The lowest BCUT2D eigenvalue weighted by Gasteiger charge is -2.19. The van der Waals surface area contributed by atoms with Crippen LogP contribution in [-0.4, -0.2) is 44.7 Å². The van der Waals surface area contributed by atoms with E-state index in [-0.39, 0.29) is 17.6 Å². The zero-order valence-corrected chi connectivity index (χ0v) is 11.9. The minimum atomic E-state index is -0.946. The van der Waals surface area contributed by atoms with Gasteiger partial charge in [0.05, 0.1) is 12.9 Å². The second-order valence-electron chi connectivity index (χ2n) is 4.37. The molecule has 0 bridgehead atoms. The highest BCUT2D eigenvalue weighted by atomic mass is 32.2. The number of aromatic nitrogens is 3. The number of esters is 1. The standard InChI is InChI=1S/C11H17N3O4S/c1-7(2)4-8(10(17)18-3)14-6-12-13-11(14)19-5-9(15)16/h6-8H,4-5H2,1-3H3,(H,15,16). The minimum Gasteiger partial charge on any atom is -0.481 e. The highest BCUT2D eigenvalue weighted by Crippen LogP contribution is 2.24. The molecule has 0 aliphatic heterocycles. The topological polar surface area (TPSA) is 94.3 Å². The van der Waals surface area contributed by atoms with Gasteiger partial charge in [-0.15, -0.1) is 10.2 Å². The molecule has 19 heavy (non-hydrogen) atoms. The Kier molecular flexibility index (Phi) is 5.81. The SMILES string of the molecule is COC(=O)C(CC(C)C)n1cnnc1SCC(=O)O. The molecular formula is C11H17N3O4S. The molecule has 0 saturated carbocycles. The Labute approximate surface area is 115 Å². The van der Waals surface area contributed by atoms with Crippen molar-refractivity contribution in [1.82, 2.24) is 14.8 Å². The molecule has 0 amide bonds. The Morgan fingerprint density at radius 3 is 2.74 bits per heavy atom. The lowest BCUT2D eigenvalue weighted by Crippen LogP contribution is -2.23. The first-order valence-corrected chi connectivity index (χ1v) is 6.76. The van der Waals surface area contributed by atoms with Gasteiger partial charge in [0.1, 0.15) is 12.4 Å². The van der Waals surface area contributed by atoms with Gasteiger partial charge in [0.15, 0.2) is 5.16 Å². The molecule has 0 spiro atoms. The summed E-state index contributed by atoms with van der Waals surface area (Å²) >= 11 is 1.03. The fourth-order valence-corrected chi connectivity index (χ4v) is 2.26. The Morgan fingerprint density at radius 2 is 2.21 bits per heavy atom. The van der Waals surface area contributed by atoms with Gasteiger partial charge in [-0.2, -0.15) is 0 Å². The van der Waals surface area contributed by atoms with Gasteiger partial charge >= 0.3 is 11.9 Å². The summed E-state index contributed by atoms with van der Waals surface area (Å²) in [5, 5.41) is 16.6. The van der Waals surface area contributed by atoms with Crippen molar-refractivity contribution >= 4 is 23.7 Å². The molecule has 0 aliphatic carbocycles. The third-order valence-corrected chi connectivity index (χ3v) is 3.31. The maximum atomic E-state index is 11.8. The minimum absolute atomic E-state index is 0.131. The average Bonchev–Trinajstić information content (AvgIpc) is 2.80. The van der Waals surface area contributed by atoms with Crippen LogP contribution < -0.4 is 0 Å². The van der Waals surface area contributed by atoms with E-state index < -0.39 is 12.0 Å². The van der Waals surface area contributed by atoms with E-state index in [1.165, 1.54) is 13.4 Å². The molecule has 7 nitrogen and oxygen atoms in total. The third kappa shape index (κ3) is 4.55. The van der Waals surface area contributed by atoms with Crippen molar-refractivity contribution in [1.29, 1.82) is 0 Å². The molecule has 106 valence electrons. The molecule has 1 rings (SSSR count). The number of aliphatic carboxylic acids is 1. The molecule has 1 unspecified atom stereocenters. The van der Waals surface area contributed by atoms with Crippen molar-refractivity contribution in [2.75, 3.05) is 12.9 Å². The second-order valence-corrected chi connectivity index (χ2v) is 5.31. The molecular weight excluding hydrogens is 270 g/mol. The van der Waals surface area contributed by atoms with E-state index in [9.17, 15) is 9.59 Å². The normalized spacial score (nSPS) is 12.4. The van der Waals surface area contributed by atoms with Crippen LogP contribution in [0.3, 0.4) is 0 Å². The maximum absolute atomic E-state index is 11.8. The van der Waals surface area contributed by atoms with Gasteiger partial charge in [-0.25, -0.2) is 4.79 Å². The number of nitrogens with zero attached hydrogens (tertiary/aromatic N) is 3. The molecule has 1 aromatic heterocycles. The monoisotopic (exact) mass is 287 g/mol. The molecule has 0 radical (unpaired) electrons. The summed E-state index contributed by atoms with van der Waals surface area (Å²) in [7, 11) is 1.32. The van der Waals surface area contributed by atoms with Gasteiger partial charge in [0.25, 0.3) is 0 Å². The number of thioether (sulfide) groups is 1. The summed E-state index contributed by atoms with van der Waals surface area (Å²) in [6.07, 6.45) is 2.00. The summed E-state index contributed by atoms with van der Waals surface area (Å²) in [5.41, 5.74) is 0. The van der Waals surface area contributed by atoms with E-state index in [4.69, 9.17) is 9.84 Å². The highest BCUT2D eigenvalue weighted by Gasteiger charge is 2.25. The molecule has 0 aromatic carbocycles. The number of carboxylic acid groups (broad SMARTS) is 1. The van der Waals surface area contributed by atoms with Crippen LogP contribution in [0.5, 0.6) is 0 Å². The molecule has 1 atom stereocenters. The average molecular weight is 287 g/mol. The van der Waals surface area contributed by atoms with Gasteiger partial charge in [-0.1, -0.05) is 25.6 Å². The molecule has 0 fully saturated rings. The lowest BCUT2D eigenvalue weighted by molar-refractivity contribution is -0.145. The Hall–Kier alpha value is -1.57. The van der Waals surface area contributed by atoms with E-state index in [1.807, 2.05) is 13.8 Å². The number of carboxylic acids is 1. The van der Waals surface area contributed by atoms with Crippen LogP contribution in [0.1, 0.15) is 26.3 Å². The molecule has 1 aromatic rings. The smallest absolute Gasteiger partial charge is 0.328 e. The van der Waals surface area contributed by atoms with Gasteiger partial charge in [-0.05, 0) is 12.3 Å². The van der Waals surface area contributed by atoms with Crippen LogP contribution in [-0.2, 0) is 14.3 Å². The molecule has 1 heterocycles. The van der Waals surface area contributed by atoms with Crippen molar-refractivity contribution in [2.45, 2.75) is 31.5 Å². The first-order valence-electron chi connectivity index (χ1n) is 5.77. The van der Waals surface area contributed by atoms with Crippen LogP contribution in [0.15, 0.2) is 11.5 Å². The number of hydrogen-bond acceptors (Lipinski definition) is 6. The van der Waals surface area contributed by atoms with Crippen molar-refractivity contribution in [3.8, 4) is 0 Å². The molecule has 0 aliphatic rings. The van der Waals surface area contributed by atoms with Gasteiger partial charge in [0, 0.05) is 0 Å². The van der Waals surface area contributed by atoms with Crippen molar-refractivity contribution in [3.63, 3.8) is 0 Å². The predicted octanol–water partition coefficient (Wildman–Crippen LogP) is 1.21. The van der Waals surface area contributed by atoms with Gasteiger partial charge in [0.2, 0.25) is 0 Å². The third-order valence-electron chi connectivity index (χ3n) is 2.37. The summed E-state index contributed by atoms with van der Waals surface area (Å²) < 4.78 is 6.35. The molecule has 0 saturated heterocycles. The second kappa shape index (κ2) is 7.13. The van der Waals surface area contributed by atoms with Gasteiger partial charge < -0.3 is 9.84 Å². The Balaban J connectivity index is 2.92. The number of ether oxygens (including phenoxy) is 1. The number of carbonyl (C=O) groups excluding carboxylic acids is 1. The van der Waals surface area contributed by atoms with Gasteiger partial charge in [-0.3, -0.25) is 9.36 Å². The van der Waals surface area contributed by atoms with Crippen molar-refractivity contribution in [3.05, 3.63) is 6.33 Å². The van der Waals surface area contributed by atoms with Crippen molar-refractivity contribution in [2.24, 2.45) is 5.92 Å². The number of hydrogen-bond donors (Lipinski definition) is 1. The number of rotatable bonds is 7. The molecule has 8 heteroatoms. The Bertz CT molecular complexity index is 447. The van der Waals surface area contributed by atoms with E-state index in [0.717, 1.165) is 11.8 Å². The lowest BCUT2D eigenvalue weighted by atomic mass is 10.0. The fraction of sp³-hybridized carbons (Fsp3) is 0.636. The van der Waals surface area contributed by atoms with Crippen LogP contribution >= 0.6 is 11.8 Å². The zero-order chi connectivity index (χ0) is 14.4. The quantitative estimate of drug-likeness (QED) is 0.595. The molecule has 1 N–H and O–H groups in total. The van der Waals surface area contributed by atoms with Crippen LogP contribution in [0.2, 0.25) is 0 Å². The van der Waals surface area contributed by atoms with E-state index in [1.54, 1.807) is 4.57 Å². The van der Waals surface area contributed by atoms with Crippen molar-refractivity contribution < 1.29 is 19.4 Å². The summed E-state index contributed by atoms with van der Waals surface area (Å²) in [5.74, 6) is -1.18. The zero-order valence-electron chi connectivity index (χ0n) is 11.1. The van der Waals surface area contributed by atoms with E-state index >= 15 is 0 Å². The highest BCUT2D eigenvalue weighted by molar-refractivity contribution is 7.99. The Morgan fingerprint density at radius 1 is 1.53 bits per heavy atom. The first kappa shape index (κ1) is 15.5. The summed E-state index contributed by atoms with van der Waals surface area (Å²) in [6.45, 7) is 3.98. The maximum Gasteiger partial charge on any atom is 0.328 e. The summed E-state index contributed by atoms with van der Waals surface area (Å²) in [6, 6.07) is -0.531. The first-order chi connectivity index (χ1) is 8.95. The largest absolute Gasteiger partial charge is 0.481 e. The van der Waals surface area contributed by atoms with E-state index in [2.05, 4.69) is 10.2 Å². The van der Waals surface area contributed by atoms with Crippen LogP contribution in [0.4, 0.5) is 0 Å². The number of methoxy groups -OCH3 is 1. The van der Waals surface area contributed by atoms with E-state index in [0.29, 0.717) is 11.6 Å². The number of carbonyl (C=O) groups is 2. The van der Waals surface area contributed by atoms with Crippen LogP contribution in [0.25, 0.3) is 0 Å². The van der Waals surface area contributed by atoms with Crippen LogP contribution in [0, 0.1) is 5.92 Å². The predicted molar refractivity (Wildman–Crippen MR) is 68.9 cm³/mol. The summed E-state index contributed by atoms with van der Waals surface area (Å²) in [4.78, 5) is 22.4.